The highest BCUT2D eigenvalue weighted by molar-refractivity contribution is 5.98. The SMILES string of the molecule is CCOC(=O)c1cc(N)ccc1N1CCNC(=O)C1C. The number of nitrogens with zero attached hydrogens (tertiary/aromatic N) is 1. The van der Waals surface area contributed by atoms with Gasteiger partial charge in [-0.15, -0.1) is 0 Å². The van der Waals surface area contributed by atoms with Crippen LogP contribution in [0.3, 0.4) is 0 Å². The number of benzene rings is 1. The molecule has 1 aromatic rings. The number of hydrogen-bond acceptors (Lipinski definition) is 5. The van der Waals surface area contributed by atoms with Crippen LogP contribution in [0.4, 0.5) is 11.4 Å². The second-order valence-electron chi connectivity index (χ2n) is 4.66. The molecule has 6 heteroatoms. The highest BCUT2D eigenvalue weighted by Gasteiger charge is 2.28. The molecule has 0 radical (unpaired) electrons. The van der Waals surface area contributed by atoms with E-state index in [0.29, 0.717) is 36.6 Å². The summed E-state index contributed by atoms with van der Waals surface area (Å²) >= 11 is 0. The number of nitrogens with two attached hydrogens (primary N) is 1. The lowest BCUT2D eigenvalue weighted by atomic mass is 10.1. The molecule has 1 aliphatic rings. The average molecular weight is 277 g/mol. The molecular formula is C14H19N3O3. The van der Waals surface area contributed by atoms with E-state index in [9.17, 15) is 9.59 Å². The Morgan fingerprint density at radius 3 is 3.00 bits per heavy atom. The van der Waals surface area contributed by atoms with Crippen LogP contribution in [0.2, 0.25) is 0 Å². The van der Waals surface area contributed by atoms with E-state index in [4.69, 9.17) is 10.5 Å². The zero-order valence-corrected chi connectivity index (χ0v) is 11.7. The molecule has 0 bridgehead atoms. The standard InChI is InChI=1S/C14H19N3O3/c1-3-20-14(19)11-8-10(15)4-5-12(11)17-7-6-16-13(18)9(17)2/h4-5,8-9H,3,6-7,15H2,1-2H3,(H,16,18). The Kier molecular flexibility index (Phi) is 4.12. The number of amides is 1. The van der Waals surface area contributed by atoms with E-state index in [-0.39, 0.29) is 11.9 Å². The predicted octanol–water partition coefficient (Wildman–Crippen LogP) is 0.770. The van der Waals surface area contributed by atoms with Gasteiger partial charge in [-0.05, 0) is 32.0 Å². The van der Waals surface area contributed by atoms with Crippen LogP contribution in [0, 0.1) is 0 Å². The van der Waals surface area contributed by atoms with Crippen molar-refractivity contribution < 1.29 is 14.3 Å². The van der Waals surface area contributed by atoms with Crippen molar-refractivity contribution in [2.75, 3.05) is 30.3 Å². The first kappa shape index (κ1) is 14.2. The van der Waals surface area contributed by atoms with E-state index in [2.05, 4.69) is 5.32 Å². The molecule has 1 unspecified atom stereocenters. The largest absolute Gasteiger partial charge is 0.462 e. The van der Waals surface area contributed by atoms with E-state index < -0.39 is 5.97 Å². The zero-order valence-electron chi connectivity index (χ0n) is 11.7. The number of ether oxygens (including phenoxy) is 1. The Balaban J connectivity index is 2.40. The normalized spacial score (nSPS) is 18.6. The fourth-order valence-electron chi connectivity index (χ4n) is 2.29. The Morgan fingerprint density at radius 2 is 2.30 bits per heavy atom. The fraction of sp³-hybridized carbons (Fsp3) is 0.429. The van der Waals surface area contributed by atoms with Crippen LogP contribution in [-0.2, 0) is 9.53 Å². The third-order valence-corrected chi connectivity index (χ3v) is 3.32. The van der Waals surface area contributed by atoms with Crippen molar-refractivity contribution in [3.8, 4) is 0 Å². The number of nitrogens with one attached hydrogen (secondary N) is 1. The molecule has 2 rings (SSSR count). The predicted molar refractivity (Wildman–Crippen MR) is 76.6 cm³/mol. The lowest BCUT2D eigenvalue weighted by Gasteiger charge is -2.35. The van der Waals surface area contributed by atoms with E-state index in [1.54, 1.807) is 32.0 Å². The summed E-state index contributed by atoms with van der Waals surface area (Å²) < 4.78 is 5.05. The van der Waals surface area contributed by atoms with Crippen LogP contribution >= 0.6 is 0 Å². The summed E-state index contributed by atoms with van der Waals surface area (Å²) in [5, 5.41) is 2.80. The highest BCUT2D eigenvalue weighted by Crippen LogP contribution is 2.26. The Bertz CT molecular complexity index is 530. The van der Waals surface area contributed by atoms with Gasteiger partial charge in [0.25, 0.3) is 0 Å². The number of rotatable bonds is 3. The second kappa shape index (κ2) is 5.81. The molecule has 0 aliphatic carbocycles. The Morgan fingerprint density at radius 1 is 1.55 bits per heavy atom. The van der Waals surface area contributed by atoms with Gasteiger partial charge in [0.2, 0.25) is 5.91 Å². The molecule has 1 amide bonds. The number of anilines is 2. The summed E-state index contributed by atoms with van der Waals surface area (Å²) in [4.78, 5) is 25.7. The van der Waals surface area contributed by atoms with Gasteiger partial charge in [0, 0.05) is 18.8 Å². The molecule has 0 spiro atoms. The third-order valence-electron chi connectivity index (χ3n) is 3.32. The number of esters is 1. The molecule has 1 aliphatic heterocycles. The molecule has 3 N–H and O–H groups in total. The van der Waals surface area contributed by atoms with Crippen LogP contribution < -0.4 is 16.0 Å². The summed E-state index contributed by atoms with van der Waals surface area (Å²) in [7, 11) is 0. The van der Waals surface area contributed by atoms with Crippen molar-refractivity contribution in [3.63, 3.8) is 0 Å². The third kappa shape index (κ3) is 2.68. The minimum atomic E-state index is -0.423. The number of piperazine rings is 1. The Hall–Kier alpha value is -2.24. The molecule has 0 saturated carbocycles. The van der Waals surface area contributed by atoms with Gasteiger partial charge in [-0.1, -0.05) is 0 Å². The molecule has 6 nitrogen and oxygen atoms in total. The first-order valence-electron chi connectivity index (χ1n) is 6.65. The summed E-state index contributed by atoms with van der Waals surface area (Å²) in [5.74, 6) is -0.476. The van der Waals surface area contributed by atoms with Crippen LogP contribution in [-0.4, -0.2) is 37.6 Å². The van der Waals surface area contributed by atoms with Crippen molar-refractivity contribution in [2.45, 2.75) is 19.9 Å². The van der Waals surface area contributed by atoms with Crippen molar-refractivity contribution in [2.24, 2.45) is 0 Å². The smallest absolute Gasteiger partial charge is 0.340 e. The van der Waals surface area contributed by atoms with Crippen molar-refractivity contribution in [1.29, 1.82) is 0 Å². The maximum absolute atomic E-state index is 12.0. The average Bonchev–Trinajstić information content (AvgIpc) is 2.42. The van der Waals surface area contributed by atoms with E-state index in [1.807, 2.05) is 4.90 Å². The van der Waals surface area contributed by atoms with Gasteiger partial charge in [0.05, 0.1) is 17.9 Å². The van der Waals surface area contributed by atoms with Crippen LogP contribution in [0.5, 0.6) is 0 Å². The summed E-state index contributed by atoms with van der Waals surface area (Å²) in [5.41, 5.74) is 7.32. The second-order valence-corrected chi connectivity index (χ2v) is 4.66. The zero-order chi connectivity index (χ0) is 14.7. The minimum Gasteiger partial charge on any atom is -0.462 e. The lowest BCUT2D eigenvalue weighted by Crippen LogP contribution is -2.54. The van der Waals surface area contributed by atoms with E-state index in [1.165, 1.54) is 0 Å². The number of carbonyl (C=O) groups is 2. The fourth-order valence-corrected chi connectivity index (χ4v) is 2.29. The van der Waals surface area contributed by atoms with Gasteiger partial charge in [0.1, 0.15) is 6.04 Å². The van der Waals surface area contributed by atoms with Crippen LogP contribution in [0.25, 0.3) is 0 Å². The lowest BCUT2D eigenvalue weighted by molar-refractivity contribution is -0.122. The molecule has 0 aromatic heterocycles. The van der Waals surface area contributed by atoms with Gasteiger partial charge in [-0.25, -0.2) is 4.79 Å². The van der Waals surface area contributed by atoms with Gasteiger partial charge in [-0.2, -0.15) is 0 Å². The number of hydrogen-bond donors (Lipinski definition) is 2. The van der Waals surface area contributed by atoms with Gasteiger partial charge < -0.3 is 20.7 Å². The van der Waals surface area contributed by atoms with Crippen LogP contribution in [0.1, 0.15) is 24.2 Å². The van der Waals surface area contributed by atoms with E-state index in [0.717, 1.165) is 0 Å². The molecule has 1 atom stereocenters. The number of carbonyl (C=O) groups excluding carboxylic acids is 2. The van der Waals surface area contributed by atoms with Crippen molar-refractivity contribution in [1.82, 2.24) is 5.32 Å². The monoisotopic (exact) mass is 277 g/mol. The first-order valence-corrected chi connectivity index (χ1v) is 6.65. The molecule has 1 heterocycles. The molecule has 1 fully saturated rings. The number of nitrogen functional groups attached to an aromatic ring is 1. The molecule has 20 heavy (non-hydrogen) atoms. The first-order chi connectivity index (χ1) is 9.54. The van der Waals surface area contributed by atoms with Crippen LogP contribution in [0.15, 0.2) is 18.2 Å². The summed E-state index contributed by atoms with van der Waals surface area (Å²) in [6.45, 7) is 5.04. The summed E-state index contributed by atoms with van der Waals surface area (Å²) in [6, 6.07) is 4.74. The molecule has 1 aromatic carbocycles. The maximum Gasteiger partial charge on any atom is 0.340 e. The Labute approximate surface area is 117 Å². The maximum atomic E-state index is 12.0. The van der Waals surface area contributed by atoms with E-state index >= 15 is 0 Å². The minimum absolute atomic E-state index is 0.0529. The van der Waals surface area contributed by atoms with Gasteiger partial charge >= 0.3 is 5.97 Å². The van der Waals surface area contributed by atoms with Gasteiger partial charge in [-0.3, -0.25) is 4.79 Å². The topological polar surface area (TPSA) is 84.7 Å². The molecular weight excluding hydrogens is 258 g/mol. The quantitative estimate of drug-likeness (QED) is 0.629. The molecule has 108 valence electrons. The summed E-state index contributed by atoms with van der Waals surface area (Å²) in [6.07, 6.45) is 0. The van der Waals surface area contributed by atoms with Crippen molar-refractivity contribution >= 4 is 23.3 Å². The van der Waals surface area contributed by atoms with Gasteiger partial charge in [0.15, 0.2) is 0 Å². The highest BCUT2D eigenvalue weighted by atomic mass is 16.5. The molecule has 1 saturated heterocycles. The van der Waals surface area contributed by atoms with Crippen molar-refractivity contribution in [3.05, 3.63) is 23.8 Å².